The normalized spacial score (nSPS) is 19.7. The topological polar surface area (TPSA) is 63.9 Å². The molecule has 6 heteroatoms. The fourth-order valence-electron chi connectivity index (χ4n) is 3.10. The molecule has 23 heavy (non-hydrogen) atoms. The summed E-state index contributed by atoms with van der Waals surface area (Å²) in [5, 5.41) is 2.94. The van der Waals surface area contributed by atoms with E-state index in [2.05, 4.69) is 5.32 Å². The molecule has 2 aliphatic heterocycles. The second-order valence-corrected chi connectivity index (χ2v) is 5.66. The summed E-state index contributed by atoms with van der Waals surface area (Å²) in [5.74, 6) is 2.21. The highest BCUT2D eigenvalue weighted by Crippen LogP contribution is 2.35. The van der Waals surface area contributed by atoms with Crippen molar-refractivity contribution in [1.82, 2.24) is 4.90 Å². The van der Waals surface area contributed by atoms with Crippen LogP contribution in [0.1, 0.15) is 24.6 Å². The summed E-state index contributed by atoms with van der Waals surface area (Å²) in [7, 11) is 0. The smallest absolute Gasteiger partial charge is 0.322 e. The number of hydrogen-bond donors (Lipinski definition) is 1. The van der Waals surface area contributed by atoms with Gasteiger partial charge in [0.2, 0.25) is 0 Å². The molecule has 2 aliphatic rings. The SMILES string of the molecule is O=C(Nc1ccc2c(c1)OCCO2)N1CCC[C@H]1c1ccco1. The van der Waals surface area contributed by atoms with E-state index in [4.69, 9.17) is 13.9 Å². The van der Waals surface area contributed by atoms with E-state index in [1.54, 1.807) is 12.3 Å². The third-order valence-corrected chi connectivity index (χ3v) is 4.18. The number of hydrogen-bond acceptors (Lipinski definition) is 4. The van der Waals surface area contributed by atoms with Crippen LogP contribution in [0.5, 0.6) is 11.5 Å². The van der Waals surface area contributed by atoms with E-state index in [1.165, 1.54) is 0 Å². The van der Waals surface area contributed by atoms with Crippen LogP contribution in [0.25, 0.3) is 0 Å². The minimum atomic E-state index is -0.124. The molecular weight excluding hydrogens is 296 g/mol. The number of rotatable bonds is 2. The number of benzene rings is 1. The van der Waals surface area contributed by atoms with E-state index >= 15 is 0 Å². The quantitative estimate of drug-likeness (QED) is 0.922. The molecule has 1 aromatic carbocycles. The van der Waals surface area contributed by atoms with E-state index in [0.717, 1.165) is 25.1 Å². The molecule has 1 atom stereocenters. The summed E-state index contributed by atoms with van der Waals surface area (Å²) in [4.78, 5) is 14.4. The van der Waals surface area contributed by atoms with Gasteiger partial charge in [0.1, 0.15) is 19.0 Å². The number of furan rings is 1. The minimum Gasteiger partial charge on any atom is -0.486 e. The van der Waals surface area contributed by atoms with Gasteiger partial charge in [-0.05, 0) is 37.1 Å². The third kappa shape index (κ3) is 2.72. The van der Waals surface area contributed by atoms with Crippen LogP contribution in [0.2, 0.25) is 0 Å². The molecule has 2 aromatic rings. The van der Waals surface area contributed by atoms with Gasteiger partial charge >= 0.3 is 6.03 Å². The maximum Gasteiger partial charge on any atom is 0.322 e. The van der Waals surface area contributed by atoms with Crippen molar-refractivity contribution in [2.75, 3.05) is 25.1 Å². The molecule has 1 aromatic heterocycles. The number of carbonyl (C=O) groups excluding carboxylic acids is 1. The lowest BCUT2D eigenvalue weighted by molar-refractivity contribution is 0.171. The van der Waals surface area contributed by atoms with Crippen LogP contribution in [-0.4, -0.2) is 30.7 Å². The first-order valence-corrected chi connectivity index (χ1v) is 7.82. The zero-order chi connectivity index (χ0) is 15.6. The maximum atomic E-state index is 12.6. The lowest BCUT2D eigenvalue weighted by Gasteiger charge is -2.24. The van der Waals surface area contributed by atoms with Gasteiger partial charge in [0.05, 0.1) is 12.3 Å². The lowest BCUT2D eigenvalue weighted by atomic mass is 10.2. The van der Waals surface area contributed by atoms with E-state index < -0.39 is 0 Å². The molecular formula is C17H18N2O4. The zero-order valence-electron chi connectivity index (χ0n) is 12.7. The number of amides is 2. The Hall–Kier alpha value is -2.63. The van der Waals surface area contributed by atoms with Gasteiger partial charge in [-0.1, -0.05) is 0 Å². The predicted octanol–water partition coefficient (Wildman–Crippen LogP) is 3.42. The van der Waals surface area contributed by atoms with Crippen molar-refractivity contribution in [1.29, 1.82) is 0 Å². The van der Waals surface area contributed by atoms with Crippen LogP contribution < -0.4 is 14.8 Å². The molecule has 0 saturated carbocycles. The van der Waals surface area contributed by atoms with Crippen LogP contribution in [0, 0.1) is 0 Å². The number of nitrogens with one attached hydrogen (secondary N) is 1. The highest BCUT2D eigenvalue weighted by atomic mass is 16.6. The molecule has 1 N–H and O–H groups in total. The van der Waals surface area contributed by atoms with Crippen LogP contribution >= 0.6 is 0 Å². The Balaban J connectivity index is 1.49. The molecule has 1 saturated heterocycles. The largest absolute Gasteiger partial charge is 0.486 e. The number of carbonyl (C=O) groups is 1. The van der Waals surface area contributed by atoms with Crippen LogP contribution in [-0.2, 0) is 0 Å². The van der Waals surface area contributed by atoms with Gasteiger partial charge in [-0.2, -0.15) is 0 Å². The summed E-state index contributed by atoms with van der Waals surface area (Å²) in [5.41, 5.74) is 0.698. The first-order chi connectivity index (χ1) is 11.3. The molecule has 0 unspecified atom stereocenters. The number of anilines is 1. The van der Waals surface area contributed by atoms with Gasteiger partial charge in [-0.25, -0.2) is 4.79 Å². The maximum absolute atomic E-state index is 12.6. The molecule has 6 nitrogen and oxygen atoms in total. The summed E-state index contributed by atoms with van der Waals surface area (Å²) < 4.78 is 16.5. The second-order valence-electron chi connectivity index (χ2n) is 5.66. The first-order valence-electron chi connectivity index (χ1n) is 7.82. The molecule has 1 fully saturated rings. The zero-order valence-corrected chi connectivity index (χ0v) is 12.7. The fraction of sp³-hybridized carbons (Fsp3) is 0.353. The molecule has 0 spiro atoms. The van der Waals surface area contributed by atoms with Crippen molar-refractivity contribution in [2.45, 2.75) is 18.9 Å². The number of fused-ring (bicyclic) bond motifs is 1. The number of nitrogens with zero attached hydrogens (tertiary/aromatic N) is 1. The van der Waals surface area contributed by atoms with E-state index in [1.807, 2.05) is 29.2 Å². The summed E-state index contributed by atoms with van der Waals surface area (Å²) in [6.07, 6.45) is 3.53. The molecule has 0 aliphatic carbocycles. The van der Waals surface area contributed by atoms with Gasteiger partial charge in [0.25, 0.3) is 0 Å². The Kier molecular flexibility index (Phi) is 3.57. The number of ether oxygens (including phenoxy) is 2. The number of urea groups is 1. The Morgan fingerprint density at radius 2 is 2.04 bits per heavy atom. The number of likely N-dealkylation sites (tertiary alicyclic amines) is 1. The molecule has 0 bridgehead atoms. The average Bonchev–Trinajstić information content (AvgIpc) is 3.25. The predicted molar refractivity (Wildman–Crippen MR) is 83.8 cm³/mol. The van der Waals surface area contributed by atoms with Gasteiger partial charge in [0, 0.05) is 18.3 Å². The minimum absolute atomic E-state index is 0.00205. The van der Waals surface area contributed by atoms with Crippen molar-refractivity contribution in [3.8, 4) is 11.5 Å². The standard InChI is InChI=1S/C17H18N2O4/c20-17(19-7-1-3-13(19)14-4-2-8-21-14)18-12-5-6-15-16(11-12)23-10-9-22-15/h2,4-6,8,11,13H,1,3,7,9-10H2,(H,18,20)/t13-/m0/s1. The average molecular weight is 314 g/mol. The molecule has 120 valence electrons. The Morgan fingerprint density at radius 1 is 1.17 bits per heavy atom. The van der Waals surface area contributed by atoms with Crippen molar-refractivity contribution in [3.63, 3.8) is 0 Å². The highest BCUT2D eigenvalue weighted by Gasteiger charge is 2.31. The van der Waals surface area contributed by atoms with Crippen LogP contribution in [0.4, 0.5) is 10.5 Å². The van der Waals surface area contributed by atoms with Crippen molar-refractivity contribution < 1.29 is 18.7 Å². The van der Waals surface area contributed by atoms with E-state index in [-0.39, 0.29) is 12.1 Å². The third-order valence-electron chi connectivity index (χ3n) is 4.18. The first kappa shape index (κ1) is 14.0. The Bertz CT molecular complexity index is 699. The molecule has 2 amide bonds. The highest BCUT2D eigenvalue weighted by molar-refractivity contribution is 5.90. The monoisotopic (exact) mass is 314 g/mol. The van der Waals surface area contributed by atoms with Gasteiger partial charge in [-0.3, -0.25) is 0 Å². The van der Waals surface area contributed by atoms with Gasteiger partial charge < -0.3 is 24.1 Å². The Morgan fingerprint density at radius 3 is 2.87 bits per heavy atom. The fourth-order valence-corrected chi connectivity index (χ4v) is 3.10. The van der Waals surface area contributed by atoms with E-state index in [9.17, 15) is 4.79 Å². The molecule has 3 heterocycles. The van der Waals surface area contributed by atoms with Crippen molar-refractivity contribution in [2.24, 2.45) is 0 Å². The molecule has 0 radical (unpaired) electrons. The van der Waals surface area contributed by atoms with Crippen LogP contribution in [0.15, 0.2) is 41.0 Å². The summed E-state index contributed by atoms with van der Waals surface area (Å²) >= 11 is 0. The summed E-state index contributed by atoms with van der Waals surface area (Å²) in [6, 6.07) is 9.08. The van der Waals surface area contributed by atoms with Gasteiger partial charge in [-0.15, -0.1) is 0 Å². The van der Waals surface area contributed by atoms with E-state index in [0.29, 0.717) is 30.4 Å². The van der Waals surface area contributed by atoms with Crippen molar-refractivity contribution >= 4 is 11.7 Å². The van der Waals surface area contributed by atoms with Gasteiger partial charge in [0.15, 0.2) is 11.5 Å². The molecule has 4 rings (SSSR count). The summed E-state index contributed by atoms with van der Waals surface area (Å²) in [6.45, 7) is 1.80. The van der Waals surface area contributed by atoms with Crippen molar-refractivity contribution in [3.05, 3.63) is 42.4 Å². The lowest BCUT2D eigenvalue weighted by Crippen LogP contribution is -2.34. The Labute approximate surface area is 134 Å². The van der Waals surface area contributed by atoms with Crippen LogP contribution in [0.3, 0.4) is 0 Å². The second kappa shape index (κ2) is 5.87.